The van der Waals surface area contributed by atoms with Gasteiger partial charge < -0.3 is 9.84 Å². The van der Waals surface area contributed by atoms with Crippen LogP contribution in [-0.4, -0.2) is 40.3 Å². The summed E-state index contributed by atoms with van der Waals surface area (Å²) in [5.74, 6) is -0.804. The van der Waals surface area contributed by atoms with Crippen LogP contribution < -0.4 is 0 Å². The molecule has 1 N–H and O–H groups in total. The molecule has 0 bridgehead atoms. The van der Waals surface area contributed by atoms with E-state index < -0.39 is 23.7 Å². The first-order chi connectivity index (χ1) is 9.76. The number of ether oxygens (including phenoxy) is 1. The van der Waals surface area contributed by atoms with Crippen molar-refractivity contribution in [3.05, 3.63) is 22.4 Å². The third-order valence-electron chi connectivity index (χ3n) is 3.41. The SMILES string of the molecule is CC(C)(C)OC(=O)N1CC(Cc2ccsc2)CC1C(=O)O. The Bertz CT molecular complexity index is 506. The van der Waals surface area contributed by atoms with Gasteiger partial charge in [0.1, 0.15) is 11.6 Å². The second kappa shape index (κ2) is 6.05. The lowest BCUT2D eigenvalue weighted by Crippen LogP contribution is -2.43. The van der Waals surface area contributed by atoms with E-state index >= 15 is 0 Å². The van der Waals surface area contributed by atoms with Crippen molar-refractivity contribution in [2.24, 2.45) is 5.92 Å². The van der Waals surface area contributed by atoms with E-state index in [0.717, 1.165) is 6.42 Å². The number of thiophene rings is 1. The molecule has 1 aromatic heterocycles. The van der Waals surface area contributed by atoms with Gasteiger partial charge >= 0.3 is 12.1 Å². The van der Waals surface area contributed by atoms with E-state index in [1.807, 2.05) is 11.4 Å². The van der Waals surface area contributed by atoms with Gasteiger partial charge in [0.2, 0.25) is 0 Å². The lowest BCUT2D eigenvalue weighted by molar-refractivity contribution is -0.142. The molecule has 5 nitrogen and oxygen atoms in total. The normalized spacial score (nSPS) is 22.3. The van der Waals surface area contributed by atoms with Crippen LogP contribution in [0.5, 0.6) is 0 Å². The summed E-state index contributed by atoms with van der Waals surface area (Å²) in [4.78, 5) is 24.9. The first-order valence-electron chi connectivity index (χ1n) is 7.00. The molecule has 2 unspecified atom stereocenters. The maximum atomic E-state index is 12.2. The molecule has 1 aliphatic rings. The number of amides is 1. The van der Waals surface area contributed by atoms with Crippen molar-refractivity contribution >= 4 is 23.4 Å². The molecule has 2 rings (SSSR count). The number of nitrogens with zero attached hydrogens (tertiary/aromatic N) is 1. The molecule has 0 spiro atoms. The molecule has 1 aromatic rings. The Morgan fingerprint density at radius 1 is 1.48 bits per heavy atom. The van der Waals surface area contributed by atoms with Gasteiger partial charge in [-0.2, -0.15) is 11.3 Å². The van der Waals surface area contributed by atoms with E-state index in [1.54, 1.807) is 32.1 Å². The standard InChI is InChI=1S/C15H21NO4S/c1-15(2,3)20-14(19)16-8-11(7-12(16)13(17)18)6-10-4-5-21-9-10/h4-5,9,11-12H,6-8H2,1-3H3,(H,17,18). The summed E-state index contributed by atoms with van der Waals surface area (Å²) in [7, 11) is 0. The minimum Gasteiger partial charge on any atom is -0.480 e. The predicted molar refractivity (Wildman–Crippen MR) is 80.5 cm³/mol. The van der Waals surface area contributed by atoms with E-state index in [4.69, 9.17) is 4.74 Å². The van der Waals surface area contributed by atoms with Gasteiger partial charge in [-0.3, -0.25) is 4.90 Å². The Morgan fingerprint density at radius 3 is 2.71 bits per heavy atom. The fourth-order valence-electron chi connectivity index (χ4n) is 2.57. The largest absolute Gasteiger partial charge is 0.480 e. The van der Waals surface area contributed by atoms with Crippen molar-refractivity contribution in [2.75, 3.05) is 6.54 Å². The van der Waals surface area contributed by atoms with Crippen molar-refractivity contribution in [1.82, 2.24) is 4.90 Å². The second-order valence-electron chi connectivity index (χ2n) is 6.42. The number of carboxylic acid groups (broad SMARTS) is 1. The molecule has 0 aromatic carbocycles. The molecule has 1 amide bonds. The topological polar surface area (TPSA) is 66.8 Å². The molecule has 1 saturated heterocycles. The summed E-state index contributed by atoms with van der Waals surface area (Å²) < 4.78 is 5.31. The highest BCUT2D eigenvalue weighted by Crippen LogP contribution is 2.28. The predicted octanol–water partition coefficient (Wildman–Crippen LogP) is 3.00. The maximum Gasteiger partial charge on any atom is 0.411 e. The van der Waals surface area contributed by atoms with Crippen LogP contribution in [0.2, 0.25) is 0 Å². The monoisotopic (exact) mass is 311 g/mol. The van der Waals surface area contributed by atoms with E-state index in [0.29, 0.717) is 13.0 Å². The number of hydrogen-bond donors (Lipinski definition) is 1. The molecule has 1 aliphatic heterocycles. The van der Waals surface area contributed by atoms with Crippen molar-refractivity contribution in [3.8, 4) is 0 Å². The number of rotatable bonds is 3. The average molecular weight is 311 g/mol. The Kier molecular flexibility index (Phi) is 4.56. The van der Waals surface area contributed by atoms with E-state index in [2.05, 4.69) is 5.38 Å². The zero-order chi connectivity index (χ0) is 15.6. The number of carbonyl (C=O) groups excluding carboxylic acids is 1. The van der Waals surface area contributed by atoms with Crippen molar-refractivity contribution in [3.63, 3.8) is 0 Å². The minimum absolute atomic E-state index is 0.160. The van der Waals surface area contributed by atoms with Gasteiger partial charge in [-0.1, -0.05) is 0 Å². The van der Waals surface area contributed by atoms with Crippen LogP contribution in [0.15, 0.2) is 16.8 Å². The third kappa shape index (κ3) is 4.20. The van der Waals surface area contributed by atoms with Gasteiger partial charge in [0.05, 0.1) is 0 Å². The molecule has 0 aliphatic carbocycles. The lowest BCUT2D eigenvalue weighted by atomic mass is 9.98. The molecular formula is C15H21NO4S. The molecule has 2 heterocycles. The summed E-state index contributed by atoms with van der Waals surface area (Å²) in [6, 6.07) is 1.25. The summed E-state index contributed by atoms with van der Waals surface area (Å²) in [5.41, 5.74) is 0.575. The summed E-state index contributed by atoms with van der Waals surface area (Å²) in [5, 5.41) is 13.4. The van der Waals surface area contributed by atoms with E-state index in [9.17, 15) is 14.7 Å². The Labute approximate surface area is 128 Å². The first kappa shape index (κ1) is 15.8. The van der Waals surface area contributed by atoms with Crippen molar-refractivity contribution in [2.45, 2.75) is 45.3 Å². The summed E-state index contributed by atoms with van der Waals surface area (Å²) in [6.07, 6.45) is 0.736. The highest BCUT2D eigenvalue weighted by molar-refractivity contribution is 7.07. The fourth-order valence-corrected chi connectivity index (χ4v) is 3.25. The van der Waals surface area contributed by atoms with Crippen LogP contribution in [0.25, 0.3) is 0 Å². The van der Waals surface area contributed by atoms with Gasteiger partial charge in [0.25, 0.3) is 0 Å². The average Bonchev–Trinajstić information content (AvgIpc) is 2.96. The van der Waals surface area contributed by atoms with Crippen LogP contribution in [0.1, 0.15) is 32.8 Å². The molecule has 6 heteroatoms. The Morgan fingerprint density at radius 2 is 2.19 bits per heavy atom. The quantitative estimate of drug-likeness (QED) is 0.932. The maximum absolute atomic E-state index is 12.2. The number of likely N-dealkylation sites (tertiary alicyclic amines) is 1. The van der Waals surface area contributed by atoms with Crippen molar-refractivity contribution < 1.29 is 19.4 Å². The number of carbonyl (C=O) groups is 2. The van der Waals surface area contributed by atoms with Gasteiger partial charge in [-0.25, -0.2) is 9.59 Å². The van der Waals surface area contributed by atoms with Crippen molar-refractivity contribution in [1.29, 1.82) is 0 Å². The molecule has 0 saturated carbocycles. The number of aliphatic carboxylic acids is 1. The highest BCUT2D eigenvalue weighted by atomic mass is 32.1. The second-order valence-corrected chi connectivity index (χ2v) is 7.20. The lowest BCUT2D eigenvalue weighted by Gasteiger charge is -2.26. The van der Waals surface area contributed by atoms with Crippen LogP contribution >= 0.6 is 11.3 Å². The molecule has 1 fully saturated rings. The third-order valence-corrected chi connectivity index (χ3v) is 4.14. The van der Waals surface area contributed by atoms with Gasteiger partial charge in [-0.15, -0.1) is 0 Å². The summed E-state index contributed by atoms with van der Waals surface area (Å²) in [6.45, 7) is 5.76. The fraction of sp³-hybridized carbons (Fsp3) is 0.600. The Hall–Kier alpha value is -1.56. The molecule has 21 heavy (non-hydrogen) atoms. The van der Waals surface area contributed by atoms with E-state index in [1.165, 1.54) is 10.5 Å². The number of hydrogen-bond acceptors (Lipinski definition) is 4. The van der Waals surface area contributed by atoms with Crippen LogP contribution in [-0.2, 0) is 16.0 Å². The van der Waals surface area contributed by atoms with Gasteiger partial charge in [0, 0.05) is 6.54 Å². The first-order valence-corrected chi connectivity index (χ1v) is 7.94. The molecule has 0 radical (unpaired) electrons. The molecule has 116 valence electrons. The van der Waals surface area contributed by atoms with E-state index in [-0.39, 0.29) is 5.92 Å². The zero-order valence-corrected chi connectivity index (χ0v) is 13.4. The summed E-state index contributed by atoms with van der Waals surface area (Å²) >= 11 is 1.62. The highest BCUT2D eigenvalue weighted by Gasteiger charge is 2.41. The van der Waals surface area contributed by atoms with Crippen LogP contribution in [0, 0.1) is 5.92 Å². The van der Waals surface area contributed by atoms with Crippen LogP contribution in [0.3, 0.4) is 0 Å². The number of carboxylic acids is 1. The Balaban J connectivity index is 2.05. The minimum atomic E-state index is -0.964. The smallest absolute Gasteiger partial charge is 0.411 e. The van der Waals surface area contributed by atoms with Gasteiger partial charge in [-0.05, 0) is 61.9 Å². The molecule has 2 atom stereocenters. The van der Waals surface area contributed by atoms with Gasteiger partial charge in [0.15, 0.2) is 0 Å². The zero-order valence-electron chi connectivity index (χ0n) is 12.5. The van der Waals surface area contributed by atoms with Crippen LogP contribution in [0.4, 0.5) is 4.79 Å². The molecular weight excluding hydrogens is 290 g/mol.